The molecule has 1 aliphatic heterocycles. The Labute approximate surface area is 105 Å². The Morgan fingerprint density at radius 1 is 1.28 bits per heavy atom. The van der Waals surface area contributed by atoms with Crippen LogP contribution in [0.5, 0.6) is 0 Å². The van der Waals surface area contributed by atoms with E-state index in [-0.39, 0.29) is 12.6 Å². The zero-order chi connectivity index (χ0) is 12.8. The molecule has 0 aromatic heterocycles. The third-order valence-corrected chi connectivity index (χ3v) is 2.73. The van der Waals surface area contributed by atoms with Crippen LogP contribution in [-0.2, 0) is 20.9 Å². The lowest BCUT2D eigenvalue weighted by molar-refractivity contribution is -0.142. The first kappa shape index (κ1) is 12.6. The molecule has 5 nitrogen and oxygen atoms in total. The van der Waals surface area contributed by atoms with Crippen molar-refractivity contribution in [2.75, 3.05) is 6.54 Å². The van der Waals surface area contributed by atoms with Gasteiger partial charge < -0.3 is 14.8 Å². The minimum Gasteiger partial charge on any atom is -0.429 e. The third-order valence-electron chi connectivity index (χ3n) is 2.73. The third kappa shape index (κ3) is 3.56. The van der Waals surface area contributed by atoms with Gasteiger partial charge in [0.15, 0.2) is 0 Å². The fraction of sp³-hybridized carbons (Fsp3) is 0.385. The average molecular weight is 249 g/mol. The lowest BCUT2D eigenvalue weighted by Crippen LogP contribution is -2.33. The van der Waals surface area contributed by atoms with E-state index in [0.29, 0.717) is 6.42 Å². The topological polar surface area (TPSA) is 64.6 Å². The number of rotatable bonds is 3. The number of benzene rings is 1. The molecule has 0 radical (unpaired) electrons. The number of nitrogens with one attached hydrogen (secondary N) is 1. The Hall–Kier alpha value is -1.88. The molecule has 0 bridgehead atoms. The summed E-state index contributed by atoms with van der Waals surface area (Å²) in [5.74, 6) is -0.564. The van der Waals surface area contributed by atoms with Crippen molar-refractivity contribution in [3.05, 3.63) is 35.9 Å². The average Bonchev–Trinajstić information content (AvgIpc) is 2.91. The van der Waals surface area contributed by atoms with Gasteiger partial charge in [-0.15, -0.1) is 0 Å². The fourth-order valence-electron chi connectivity index (χ4n) is 1.78. The summed E-state index contributed by atoms with van der Waals surface area (Å²) in [5, 5.41) is 2.95. The van der Waals surface area contributed by atoms with Crippen LogP contribution in [0.4, 0.5) is 4.79 Å². The largest absolute Gasteiger partial charge is 0.516 e. The molecule has 1 saturated heterocycles. The van der Waals surface area contributed by atoms with Gasteiger partial charge in [0, 0.05) is 0 Å². The van der Waals surface area contributed by atoms with Crippen molar-refractivity contribution >= 4 is 12.1 Å². The normalized spacial score (nSPS) is 18.3. The number of hydrogen-bond acceptors (Lipinski definition) is 5. The van der Waals surface area contributed by atoms with Crippen LogP contribution in [0.2, 0.25) is 0 Å². The minimum atomic E-state index is -0.947. The summed E-state index contributed by atoms with van der Waals surface area (Å²) in [4.78, 5) is 22.8. The van der Waals surface area contributed by atoms with Crippen LogP contribution >= 0.6 is 0 Å². The van der Waals surface area contributed by atoms with Gasteiger partial charge in [0.25, 0.3) is 0 Å². The highest BCUT2D eigenvalue weighted by Gasteiger charge is 2.26. The molecule has 18 heavy (non-hydrogen) atoms. The smallest absolute Gasteiger partial charge is 0.429 e. The molecule has 1 N–H and O–H groups in total. The van der Waals surface area contributed by atoms with E-state index in [1.807, 2.05) is 30.3 Å². The summed E-state index contributed by atoms with van der Waals surface area (Å²) in [6.45, 7) is 0.879. The van der Waals surface area contributed by atoms with E-state index < -0.39 is 12.1 Å². The quantitative estimate of drug-likeness (QED) is 0.651. The molecule has 0 spiro atoms. The molecular formula is C13H15NO4. The maximum atomic E-state index is 11.5. The molecular weight excluding hydrogens is 234 g/mol. The molecule has 1 fully saturated rings. The Kier molecular flexibility index (Phi) is 4.30. The van der Waals surface area contributed by atoms with Crippen LogP contribution in [0.25, 0.3) is 0 Å². The van der Waals surface area contributed by atoms with E-state index >= 15 is 0 Å². The van der Waals surface area contributed by atoms with Gasteiger partial charge in [0.1, 0.15) is 12.6 Å². The minimum absolute atomic E-state index is 0.102. The van der Waals surface area contributed by atoms with Gasteiger partial charge in [0.05, 0.1) is 0 Å². The SMILES string of the molecule is O=C(OCc1ccccc1)OC(=O)[C@@H]1CCCN1. The van der Waals surface area contributed by atoms with Gasteiger partial charge in [-0.1, -0.05) is 30.3 Å². The zero-order valence-electron chi connectivity index (χ0n) is 9.93. The molecule has 1 atom stereocenters. The predicted octanol–water partition coefficient (Wildman–Crippen LogP) is 1.62. The molecule has 1 aromatic rings. The van der Waals surface area contributed by atoms with Gasteiger partial charge in [-0.25, -0.2) is 9.59 Å². The number of hydrogen-bond donors (Lipinski definition) is 1. The first-order chi connectivity index (χ1) is 8.75. The summed E-state index contributed by atoms with van der Waals surface area (Å²) in [6, 6.07) is 8.84. The highest BCUT2D eigenvalue weighted by Crippen LogP contribution is 2.08. The summed E-state index contributed by atoms with van der Waals surface area (Å²) < 4.78 is 9.44. The summed E-state index contributed by atoms with van der Waals surface area (Å²) >= 11 is 0. The maximum absolute atomic E-state index is 11.5. The molecule has 96 valence electrons. The lowest BCUT2D eigenvalue weighted by atomic mass is 10.2. The summed E-state index contributed by atoms with van der Waals surface area (Å²) in [5.41, 5.74) is 0.848. The molecule has 0 unspecified atom stereocenters. The van der Waals surface area contributed by atoms with Gasteiger partial charge in [-0.2, -0.15) is 0 Å². The van der Waals surface area contributed by atoms with Crippen LogP contribution in [0.1, 0.15) is 18.4 Å². The first-order valence-electron chi connectivity index (χ1n) is 5.91. The monoisotopic (exact) mass is 249 g/mol. The maximum Gasteiger partial charge on any atom is 0.516 e. The fourth-order valence-corrected chi connectivity index (χ4v) is 1.78. The van der Waals surface area contributed by atoms with Crippen LogP contribution < -0.4 is 5.32 Å². The van der Waals surface area contributed by atoms with Crippen molar-refractivity contribution in [2.24, 2.45) is 0 Å². The summed E-state index contributed by atoms with van der Waals surface area (Å²) in [7, 11) is 0. The Bertz CT molecular complexity index is 412. The van der Waals surface area contributed by atoms with E-state index in [1.54, 1.807) is 0 Å². The molecule has 1 aromatic carbocycles. The number of carbonyl (C=O) groups is 2. The van der Waals surface area contributed by atoms with Crippen LogP contribution in [0.3, 0.4) is 0 Å². The highest BCUT2D eigenvalue weighted by molar-refractivity contribution is 5.85. The second-order valence-corrected chi connectivity index (χ2v) is 4.09. The molecule has 0 amide bonds. The van der Waals surface area contributed by atoms with E-state index in [2.05, 4.69) is 10.1 Å². The first-order valence-corrected chi connectivity index (χ1v) is 5.91. The Balaban J connectivity index is 1.73. The van der Waals surface area contributed by atoms with Gasteiger partial charge >= 0.3 is 12.1 Å². The van der Waals surface area contributed by atoms with E-state index in [0.717, 1.165) is 18.5 Å². The predicted molar refractivity (Wildman–Crippen MR) is 63.7 cm³/mol. The second-order valence-electron chi connectivity index (χ2n) is 4.09. The Morgan fingerprint density at radius 3 is 2.72 bits per heavy atom. The zero-order valence-corrected chi connectivity index (χ0v) is 9.93. The molecule has 5 heteroatoms. The number of esters is 1. The summed E-state index contributed by atoms with van der Waals surface area (Å²) in [6.07, 6.45) is 0.668. The molecule has 1 heterocycles. The second kappa shape index (κ2) is 6.16. The van der Waals surface area contributed by atoms with E-state index in [9.17, 15) is 9.59 Å². The lowest BCUT2D eigenvalue weighted by Gasteiger charge is -2.09. The molecule has 0 saturated carbocycles. The highest BCUT2D eigenvalue weighted by atomic mass is 16.7. The van der Waals surface area contributed by atoms with Gasteiger partial charge in [-0.05, 0) is 24.9 Å². The number of carbonyl (C=O) groups excluding carboxylic acids is 2. The van der Waals surface area contributed by atoms with Crippen LogP contribution in [0, 0.1) is 0 Å². The standard InChI is InChI=1S/C13H15NO4/c15-12(11-7-4-8-14-11)18-13(16)17-9-10-5-2-1-3-6-10/h1-3,5-6,11,14H,4,7-9H2/t11-/m0/s1. The van der Waals surface area contributed by atoms with Crippen molar-refractivity contribution in [3.63, 3.8) is 0 Å². The van der Waals surface area contributed by atoms with Crippen molar-refractivity contribution in [2.45, 2.75) is 25.5 Å². The van der Waals surface area contributed by atoms with Crippen molar-refractivity contribution in [3.8, 4) is 0 Å². The van der Waals surface area contributed by atoms with Crippen molar-refractivity contribution < 1.29 is 19.1 Å². The van der Waals surface area contributed by atoms with Crippen LogP contribution in [-0.4, -0.2) is 24.7 Å². The number of ether oxygens (including phenoxy) is 2. The molecule has 0 aliphatic carbocycles. The van der Waals surface area contributed by atoms with Crippen LogP contribution in [0.15, 0.2) is 30.3 Å². The van der Waals surface area contributed by atoms with E-state index in [4.69, 9.17) is 4.74 Å². The molecule has 1 aliphatic rings. The van der Waals surface area contributed by atoms with Crippen molar-refractivity contribution in [1.29, 1.82) is 0 Å². The molecule has 2 rings (SSSR count). The van der Waals surface area contributed by atoms with Gasteiger partial charge in [-0.3, -0.25) is 0 Å². The van der Waals surface area contributed by atoms with Crippen molar-refractivity contribution in [1.82, 2.24) is 5.32 Å². The van der Waals surface area contributed by atoms with Gasteiger partial charge in [0.2, 0.25) is 0 Å². The Morgan fingerprint density at radius 2 is 2.06 bits per heavy atom. The van der Waals surface area contributed by atoms with E-state index in [1.165, 1.54) is 0 Å².